The highest BCUT2D eigenvalue weighted by molar-refractivity contribution is 6.30. The first-order valence-electron chi connectivity index (χ1n) is 6.64. The Hall–Kier alpha value is -1.82. The standard InChI is InChI=1S/C14H16ClFN2O3/c1-8-4-5-18(12(6-8)13(19)20)14(21)17-9-2-3-10(15)11(16)7-9/h2-3,7-8,12H,4-6H2,1H3,(H,17,21)(H,19,20). The summed E-state index contributed by atoms with van der Waals surface area (Å²) in [7, 11) is 0. The van der Waals surface area contributed by atoms with Crippen LogP contribution in [0.2, 0.25) is 5.02 Å². The van der Waals surface area contributed by atoms with E-state index in [2.05, 4.69) is 5.32 Å². The number of urea groups is 1. The lowest BCUT2D eigenvalue weighted by Gasteiger charge is -2.35. The average molecular weight is 315 g/mol. The first kappa shape index (κ1) is 15.6. The van der Waals surface area contributed by atoms with Crippen molar-refractivity contribution in [2.75, 3.05) is 11.9 Å². The number of hydrogen-bond acceptors (Lipinski definition) is 2. The number of hydrogen-bond donors (Lipinski definition) is 2. The third-order valence-corrected chi connectivity index (χ3v) is 3.89. The summed E-state index contributed by atoms with van der Waals surface area (Å²) in [6.45, 7) is 2.32. The predicted octanol–water partition coefficient (Wildman–Crippen LogP) is 3.20. The Labute approximate surface area is 126 Å². The maximum atomic E-state index is 13.3. The molecule has 2 unspecified atom stereocenters. The van der Waals surface area contributed by atoms with Crippen LogP contribution in [0.15, 0.2) is 18.2 Å². The molecule has 114 valence electrons. The van der Waals surface area contributed by atoms with E-state index >= 15 is 0 Å². The number of carboxylic acids is 1. The lowest BCUT2D eigenvalue weighted by Crippen LogP contribution is -2.51. The molecule has 1 fully saturated rings. The van der Waals surface area contributed by atoms with Crippen LogP contribution in [0.1, 0.15) is 19.8 Å². The zero-order chi connectivity index (χ0) is 15.6. The highest BCUT2D eigenvalue weighted by Gasteiger charge is 2.34. The second kappa shape index (κ2) is 6.30. The van der Waals surface area contributed by atoms with Crippen LogP contribution in [0.5, 0.6) is 0 Å². The molecular weight excluding hydrogens is 299 g/mol. The number of aliphatic carboxylic acids is 1. The maximum Gasteiger partial charge on any atom is 0.326 e. The summed E-state index contributed by atoms with van der Waals surface area (Å²) in [5.41, 5.74) is 0.240. The molecule has 2 amide bonds. The van der Waals surface area contributed by atoms with E-state index < -0.39 is 23.9 Å². The molecule has 0 saturated carbocycles. The SMILES string of the molecule is CC1CCN(C(=O)Nc2ccc(Cl)c(F)c2)C(C(=O)O)C1. The summed E-state index contributed by atoms with van der Waals surface area (Å²) in [5.74, 6) is -1.42. The maximum absolute atomic E-state index is 13.3. The molecule has 1 aromatic carbocycles. The van der Waals surface area contributed by atoms with Gasteiger partial charge < -0.3 is 15.3 Å². The molecule has 1 aliphatic rings. The summed E-state index contributed by atoms with van der Waals surface area (Å²) in [6.07, 6.45) is 1.16. The third-order valence-electron chi connectivity index (χ3n) is 3.58. The molecule has 0 radical (unpaired) electrons. The van der Waals surface area contributed by atoms with Gasteiger partial charge >= 0.3 is 12.0 Å². The molecule has 0 aromatic heterocycles. The molecule has 1 heterocycles. The number of carboxylic acid groups (broad SMARTS) is 1. The van der Waals surface area contributed by atoms with Crippen molar-refractivity contribution in [1.82, 2.24) is 4.90 Å². The summed E-state index contributed by atoms with van der Waals surface area (Å²) < 4.78 is 13.3. The summed E-state index contributed by atoms with van der Waals surface area (Å²) in [5, 5.41) is 11.7. The van der Waals surface area contributed by atoms with Gasteiger partial charge in [-0.3, -0.25) is 0 Å². The van der Waals surface area contributed by atoms with Crippen molar-refractivity contribution in [3.63, 3.8) is 0 Å². The number of rotatable bonds is 2. The Morgan fingerprint density at radius 2 is 2.19 bits per heavy atom. The molecule has 7 heteroatoms. The van der Waals surface area contributed by atoms with Crippen LogP contribution in [0.25, 0.3) is 0 Å². The Bertz CT molecular complexity index is 567. The minimum absolute atomic E-state index is 0.0387. The highest BCUT2D eigenvalue weighted by Crippen LogP contribution is 2.24. The number of amides is 2. The van der Waals surface area contributed by atoms with Crippen LogP contribution >= 0.6 is 11.6 Å². The predicted molar refractivity (Wildman–Crippen MR) is 77.0 cm³/mol. The topological polar surface area (TPSA) is 69.6 Å². The average Bonchev–Trinajstić information content (AvgIpc) is 2.42. The van der Waals surface area contributed by atoms with Gasteiger partial charge in [-0.05, 0) is 37.0 Å². The second-order valence-corrected chi connectivity index (χ2v) is 5.64. The van der Waals surface area contributed by atoms with Crippen molar-refractivity contribution in [3.05, 3.63) is 29.0 Å². The molecular formula is C14H16ClFN2O3. The van der Waals surface area contributed by atoms with Crippen LogP contribution < -0.4 is 5.32 Å². The van der Waals surface area contributed by atoms with Crippen molar-refractivity contribution in [2.24, 2.45) is 5.92 Å². The Balaban J connectivity index is 2.10. The van der Waals surface area contributed by atoms with Crippen LogP contribution in [-0.2, 0) is 4.79 Å². The van der Waals surface area contributed by atoms with Crippen molar-refractivity contribution in [1.29, 1.82) is 0 Å². The fraction of sp³-hybridized carbons (Fsp3) is 0.429. The summed E-state index contributed by atoms with van der Waals surface area (Å²) in [4.78, 5) is 24.7. The number of piperidine rings is 1. The fourth-order valence-electron chi connectivity index (χ4n) is 2.39. The van der Waals surface area contributed by atoms with Gasteiger partial charge in [-0.15, -0.1) is 0 Å². The molecule has 0 spiro atoms. The number of halogens is 2. The molecule has 2 atom stereocenters. The Morgan fingerprint density at radius 1 is 1.48 bits per heavy atom. The van der Waals surface area contributed by atoms with Gasteiger partial charge in [0.15, 0.2) is 0 Å². The minimum atomic E-state index is -1.03. The van der Waals surface area contributed by atoms with Gasteiger partial charge in [0.05, 0.1) is 5.02 Å². The normalized spacial score (nSPS) is 22.0. The van der Waals surface area contributed by atoms with Crippen molar-refractivity contribution < 1.29 is 19.1 Å². The van der Waals surface area contributed by atoms with Crippen LogP contribution in [-0.4, -0.2) is 34.6 Å². The minimum Gasteiger partial charge on any atom is -0.480 e. The molecule has 0 bridgehead atoms. The van der Waals surface area contributed by atoms with Gasteiger partial charge in [0.2, 0.25) is 0 Å². The smallest absolute Gasteiger partial charge is 0.326 e. The zero-order valence-electron chi connectivity index (χ0n) is 11.5. The molecule has 2 rings (SSSR count). The number of likely N-dealkylation sites (tertiary alicyclic amines) is 1. The lowest BCUT2D eigenvalue weighted by atomic mass is 9.93. The molecule has 1 aromatic rings. The number of carbonyl (C=O) groups is 2. The highest BCUT2D eigenvalue weighted by atomic mass is 35.5. The first-order valence-corrected chi connectivity index (χ1v) is 7.01. The van der Waals surface area contributed by atoms with Crippen LogP contribution in [0.3, 0.4) is 0 Å². The molecule has 2 N–H and O–H groups in total. The molecule has 1 saturated heterocycles. The number of benzene rings is 1. The number of nitrogens with one attached hydrogen (secondary N) is 1. The van der Waals surface area contributed by atoms with E-state index in [0.717, 1.165) is 12.5 Å². The molecule has 1 aliphatic heterocycles. The fourth-order valence-corrected chi connectivity index (χ4v) is 2.51. The quantitative estimate of drug-likeness (QED) is 0.880. The van der Waals surface area contributed by atoms with Gasteiger partial charge in [0.1, 0.15) is 11.9 Å². The van der Waals surface area contributed by atoms with Gasteiger partial charge in [-0.25, -0.2) is 14.0 Å². The first-order chi connectivity index (χ1) is 9.88. The van der Waals surface area contributed by atoms with E-state index in [0.29, 0.717) is 13.0 Å². The van der Waals surface area contributed by atoms with Gasteiger partial charge in [0, 0.05) is 12.2 Å². The monoisotopic (exact) mass is 314 g/mol. The number of carbonyl (C=O) groups excluding carboxylic acids is 1. The second-order valence-electron chi connectivity index (χ2n) is 5.24. The molecule has 5 nitrogen and oxygen atoms in total. The van der Waals surface area contributed by atoms with E-state index in [1.54, 1.807) is 0 Å². The van der Waals surface area contributed by atoms with Crippen molar-refractivity contribution in [3.8, 4) is 0 Å². The van der Waals surface area contributed by atoms with E-state index in [4.69, 9.17) is 11.6 Å². The largest absolute Gasteiger partial charge is 0.480 e. The number of anilines is 1. The van der Waals surface area contributed by atoms with E-state index in [1.165, 1.54) is 17.0 Å². The zero-order valence-corrected chi connectivity index (χ0v) is 12.2. The third kappa shape index (κ3) is 3.64. The van der Waals surface area contributed by atoms with E-state index in [9.17, 15) is 19.1 Å². The van der Waals surface area contributed by atoms with Gasteiger partial charge in [0.25, 0.3) is 0 Å². The molecule has 0 aliphatic carbocycles. The Kier molecular flexibility index (Phi) is 4.67. The summed E-state index contributed by atoms with van der Waals surface area (Å²) >= 11 is 5.57. The van der Waals surface area contributed by atoms with E-state index in [-0.39, 0.29) is 16.6 Å². The summed E-state index contributed by atoms with van der Waals surface area (Å²) in [6, 6.07) is 2.50. The van der Waals surface area contributed by atoms with E-state index in [1.807, 2.05) is 6.92 Å². The molecule has 21 heavy (non-hydrogen) atoms. The van der Waals surface area contributed by atoms with Crippen LogP contribution in [0, 0.1) is 11.7 Å². The lowest BCUT2D eigenvalue weighted by molar-refractivity contribution is -0.143. The Morgan fingerprint density at radius 3 is 2.81 bits per heavy atom. The van der Waals surface area contributed by atoms with Crippen molar-refractivity contribution >= 4 is 29.3 Å². The van der Waals surface area contributed by atoms with Gasteiger partial charge in [-0.2, -0.15) is 0 Å². The number of nitrogens with zero attached hydrogens (tertiary/aromatic N) is 1. The van der Waals surface area contributed by atoms with Crippen molar-refractivity contribution in [2.45, 2.75) is 25.8 Å². The van der Waals surface area contributed by atoms with Crippen LogP contribution in [0.4, 0.5) is 14.9 Å². The van der Waals surface area contributed by atoms with Gasteiger partial charge in [-0.1, -0.05) is 18.5 Å².